The summed E-state index contributed by atoms with van der Waals surface area (Å²) < 4.78 is 30.7. The molecule has 0 aliphatic carbocycles. The van der Waals surface area contributed by atoms with Crippen LogP contribution in [0.1, 0.15) is 40.0 Å². The molecule has 2 N–H and O–H groups in total. The quantitative estimate of drug-likeness (QED) is 0.597. The smallest absolute Gasteiger partial charge is 0.306 e. The Bertz CT molecular complexity index is 340. The van der Waals surface area contributed by atoms with Gasteiger partial charge >= 0.3 is 5.97 Å². The first-order valence-electron chi connectivity index (χ1n) is 6.12. The van der Waals surface area contributed by atoms with Gasteiger partial charge in [-0.25, -0.2) is 13.1 Å². The van der Waals surface area contributed by atoms with Crippen LogP contribution in [0.4, 0.5) is 0 Å². The average molecular weight is 281 g/mol. The van der Waals surface area contributed by atoms with E-state index >= 15 is 0 Å². The molecule has 0 aliphatic rings. The van der Waals surface area contributed by atoms with Gasteiger partial charge in [-0.3, -0.25) is 4.79 Å². The zero-order valence-electron chi connectivity index (χ0n) is 11.2. The Hall–Kier alpha value is -0.660. The molecule has 0 aromatic carbocycles. The number of carbonyl (C=O) groups excluding carboxylic acids is 1. The average Bonchev–Trinajstić information content (AvgIpc) is 2.34. The van der Waals surface area contributed by atoms with Gasteiger partial charge in [0, 0.05) is 0 Å². The first-order valence-corrected chi connectivity index (χ1v) is 7.78. The zero-order chi connectivity index (χ0) is 14.2. The van der Waals surface area contributed by atoms with Gasteiger partial charge in [-0.15, -0.1) is 0 Å². The molecule has 108 valence electrons. The van der Waals surface area contributed by atoms with E-state index in [1.54, 1.807) is 20.8 Å². The molecule has 0 unspecified atom stereocenters. The molecule has 0 bridgehead atoms. The fourth-order valence-electron chi connectivity index (χ4n) is 1.48. The zero-order valence-corrected chi connectivity index (χ0v) is 12.0. The van der Waals surface area contributed by atoms with Crippen molar-refractivity contribution in [3.8, 4) is 0 Å². The third kappa shape index (κ3) is 5.79. The molecule has 7 heteroatoms. The molecule has 0 atom stereocenters. The number of nitrogens with one attached hydrogen (secondary N) is 1. The Morgan fingerprint density at radius 1 is 1.28 bits per heavy atom. The van der Waals surface area contributed by atoms with Crippen molar-refractivity contribution in [2.45, 2.75) is 45.6 Å². The molecule has 0 saturated carbocycles. The Labute approximate surface area is 109 Å². The fourth-order valence-corrected chi connectivity index (χ4v) is 3.03. The Morgan fingerprint density at radius 3 is 2.22 bits per heavy atom. The SMILES string of the molecule is CCOC(=O)CCS(=O)(=O)NC(CC)(CC)CO. The van der Waals surface area contributed by atoms with E-state index in [0.717, 1.165) is 0 Å². The number of aliphatic hydroxyl groups is 1. The third-order valence-corrected chi connectivity index (χ3v) is 4.39. The van der Waals surface area contributed by atoms with Crippen LogP contribution in [0.3, 0.4) is 0 Å². The molecule has 0 fully saturated rings. The van der Waals surface area contributed by atoms with Gasteiger partial charge in [-0.1, -0.05) is 13.8 Å². The number of carbonyl (C=O) groups is 1. The van der Waals surface area contributed by atoms with Crippen LogP contribution < -0.4 is 4.72 Å². The van der Waals surface area contributed by atoms with Crippen LogP contribution in [-0.4, -0.2) is 44.0 Å². The van der Waals surface area contributed by atoms with Crippen LogP contribution in [0, 0.1) is 0 Å². The van der Waals surface area contributed by atoms with Crippen molar-refractivity contribution in [3.05, 3.63) is 0 Å². The molecule has 6 nitrogen and oxygen atoms in total. The van der Waals surface area contributed by atoms with Crippen LogP contribution in [0.2, 0.25) is 0 Å². The predicted octanol–water partition coefficient (Wildman–Crippen LogP) is 0.410. The van der Waals surface area contributed by atoms with E-state index in [1.807, 2.05) is 0 Å². The highest BCUT2D eigenvalue weighted by Gasteiger charge is 2.30. The second-order valence-electron chi connectivity index (χ2n) is 4.12. The van der Waals surface area contributed by atoms with Gasteiger partial charge in [-0.2, -0.15) is 0 Å². The van der Waals surface area contributed by atoms with Gasteiger partial charge in [0.2, 0.25) is 10.0 Å². The third-order valence-electron chi connectivity index (χ3n) is 2.91. The highest BCUT2D eigenvalue weighted by molar-refractivity contribution is 7.89. The molecule has 0 aromatic heterocycles. The number of aliphatic hydroxyl groups excluding tert-OH is 1. The number of esters is 1. The van der Waals surface area contributed by atoms with E-state index in [1.165, 1.54) is 0 Å². The Kier molecular flexibility index (Phi) is 7.42. The molecule has 0 saturated heterocycles. The summed E-state index contributed by atoms with van der Waals surface area (Å²) in [6.07, 6.45) is 0.787. The van der Waals surface area contributed by atoms with Crippen molar-refractivity contribution in [2.24, 2.45) is 0 Å². The molecule has 0 amide bonds. The van der Waals surface area contributed by atoms with Gasteiger partial charge in [0.1, 0.15) is 0 Å². The molecule has 18 heavy (non-hydrogen) atoms. The summed E-state index contributed by atoms with van der Waals surface area (Å²) >= 11 is 0. The summed E-state index contributed by atoms with van der Waals surface area (Å²) in [6, 6.07) is 0. The van der Waals surface area contributed by atoms with Crippen LogP contribution in [-0.2, 0) is 19.6 Å². The first kappa shape index (κ1) is 17.3. The summed E-state index contributed by atoms with van der Waals surface area (Å²) in [5.41, 5.74) is -0.840. The van der Waals surface area contributed by atoms with E-state index in [-0.39, 0.29) is 25.4 Å². The molecular weight excluding hydrogens is 258 g/mol. The largest absolute Gasteiger partial charge is 0.466 e. The molecule has 0 heterocycles. The topological polar surface area (TPSA) is 92.7 Å². The molecule has 0 aromatic rings. The van der Waals surface area contributed by atoms with Gasteiger partial charge < -0.3 is 9.84 Å². The number of ether oxygens (including phenoxy) is 1. The standard InChI is InChI=1S/C11H23NO5S/c1-4-11(5-2,9-13)12-18(15,16)8-7-10(14)17-6-3/h12-13H,4-9H2,1-3H3. The summed E-state index contributed by atoms with van der Waals surface area (Å²) in [4.78, 5) is 11.1. The summed E-state index contributed by atoms with van der Waals surface area (Å²) in [7, 11) is -3.60. The maximum Gasteiger partial charge on any atom is 0.306 e. The first-order chi connectivity index (χ1) is 8.34. The highest BCUT2D eigenvalue weighted by atomic mass is 32.2. The van der Waals surface area contributed by atoms with Crippen LogP contribution in [0.25, 0.3) is 0 Å². The van der Waals surface area contributed by atoms with Crippen molar-refractivity contribution in [1.29, 1.82) is 0 Å². The summed E-state index contributed by atoms with van der Waals surface area (Å²) in [5.74, 6) is -0.862. The second kappa shape index (κ2) is 7.70. The molecule has 0 rings (SSSR count). The highest BCUT2D eigenvalue weighted by Crippen LogP contribution is 2.15. The van der Waals surface area contributed by atoms with E-state index in [0.29, 0.717) is 12.8 Å². The number of sulfonamides is 1. The molecule has 0 aliphatic heterocycles. The maximum atomic E-state index is 11.8. The number of hydrogen-bond donors (Lipinski definition) is 2. The lowest BCUT2D eigenvalue weighted by Crippen LogP contribution is -2.51. The fraction of sp³-hybridized carbons (Fsp3) is 0.909. The minimum absolute atomic E-state index is 0.182. The van der Waals surface area contributed by atoms with Gasteiger partial charge in [-0.05, 0) is 19.8 Å². The van der Waals surface area contributed by atoms with E-state index in [2.05, 4.69) is 9.46 Å². The lowest BCUT2D eigenvalue weighted by Gasteiger charge is -2.30. The minimum atomic E-state index is -3.60. The van der Waals surface area contributed by atoms with Crippen LogP contribution >= 0.6 is 0 Å². The molecule has 0 spiro atoms. The van der Waals surface area contributed by atoms with Crippen molar-refractivity contribution in [3.63, 3.8) is 0 Å². The molecule has 0 radical (unpaired) electrons. The lowest BCUT2D eigenvalue weighted by atomic mass is 9.96. The van der Waals surface area contributed by atoms with Crippen LogP contribution in [0.5, 0.6) is 0 Å². The van der Waals surface area contributed by atoms with Crippen molar-refractivity contribution >= 4 is 16.0 Å². The molecular formula is C11H23NO5S. The van der Waals surface area contributed by atoms with Gasteiger partial charge in [0.05, 0.1) is 30.9 Å². The van der Waals surface area contributed by atoms with Crippen molar-refractivity contribution < 1.29 is 23.1 Å². The minimum Gasteiger partial charge on any atom is -0.466 e. The Morgan fingerprint density at radius 2 is 1.83 bits per heavy atom. The number of hydrogen-bond acceptors (Lipinski definition) is 5. The number of rotatable bonds is 9. The Balaban J connectivity index is 4.51. The van der Waals surface area contributed by atoms with Crippen molar-refractivity contribution in [1.82, 2.24) is 4.72 Å². The second-order valence-corrected chi connectivity index (χ2v) is 5.96. The summed E-state index contributed by atoms with van der Waals surface area (Å²) in [6.45, 7) is 5.23. The maximum absolute atomic E-state index is 11.8. The van der Waals surface area contributed by atoms with E-state index < -0.39 is 21.5 Å². The van der Waals surface area contributed by atoms with E-state index in [9.17, 15) is 18.3 Å². The predicted molar refractivity (Wildman–Crippen MR) is 68.6 cm³/mol. The normalized spacial score (nSPS) is 12.4. The summed E-state index contributed by atoms with van der Waals surface area (Å²) in [5, 5.41) is 9.28. The van der Waals surface area contributed by atoms with Gasteiger partial charge in [0.25, 0.3) is 0 Å². The monoisotopic (exact) mass is 281 g/mol. The van der Waals surface area contributed by atoms with Gasteiger partial charge in [0.15, 0.2) is 0 Å². The van der Waals surface area contributed by atoms with Crippen molar-refractivity contribution in [2.75, 3.05) is 19.0 Å². The van der Waals surface area contributed by atoms with Crippen LogP contribution in [0.15, 0.2) is 0 Å². The lowest BCUT2D eigenvalue weighted by molar-refractivity contribution is -0.142. The van der Waals surface area contributed by atoms with E-state index in [4.69, 9.17) is 0 Å².